The van der Waals surface area contributed by atoms with Gasteiger partial charge in [-0.3, -0.25) is 9.98 Å². The van der Waals surface area contributed by atoms with Gasteiger partial charge in [-0.25, -0.2) is 4.79 Å². The molecular weight excluding hydrogens is 497 g/mol. The first-order valence-corrected chi connectivity index (χ1v) is 11.9. The molecule has 0 spiro atoms. The first kappa shape index (κ1) is 28.9. The molecule has 0 aliphatic rings. The number of carbonyl (C=O) groups is 2. The summed E-state index contributed by atoms with van der Waals surface area (Å²) >= 11 is 0. The van der Waals surface area contributed by atoms with Gasteiger partial charge < -0.3 is 15.2 Å². The Morgan fingerprint density at radius 2 is 1.47 bits per heavy atom. The predicted molar refractivity (Wildman–Crippen MR) is 139 cm³/mol. The van der Waals surface area contributed by atoms with Crippen molar-refractivity contribution in [2.24, 2.45) is 16.8 Å². The number of aliphatic carboxylic acids is 1. The second-order valence-corrected chi connectivity index (χ2v) is 9.51. The van der Waals surface area contributed by atoms with Crippen molar-refractivity contribution in [1.82, 2.24) is 4.98 Å². The molecule has 7 heteroatoms. The van der Waals surface area contributed by atoms with Gasteiger partial charge in [0.05, 0.1) is 11.4 Å². The van der Waals surface area contributed by atoms with E-state index < -0.39 is 17.4 Å². The zero-order valence-electron chi connectivity index (χ0n) is 21.0. The van der Waals surface area contributed by atoms with E-state index in [1.165, 1.54) is 0 Å². The van der Waals surface area contributed by atoms with Crippen molar-refractivity contribution >= 4 is 23.3 Å². The number of rotatable bonds is 10. The molecule has 1 N–H and O–H groups in total. The van der Waals surface area contributed by atoms with Crippen molar-refractivity contribution in [2.75, 3.05) is 0 Å². The van der Waals surface area contributed by atoms with E-state index in [1.807, 2.05) is 70.2 Å². The predicted octanol–water partition coefficient (Wildman–Crippen LogP) is 6.68. The molecule has 1 aromatic heterocycles. The normalized spacial score (nSPS) is 11.8. The third-order valence-corrected chi connectivity index (χ3v) is 5.53. The summed E-state index contributed by atoms with van der Waals surface area (Å²) < 4.78 is 0. The maximum absolute atomic E-state index is 12.8. The number of para-hydroxylation sites is 1. The number of carboxylic acids is 1. The van der Waals surface area contributed by atoms with E-state index in [1.54, 1.807) is 36.5 Å². The number of aromatic nitrogens is 1. The van der Waals surface area contributed by atoms with Crippen molar-refractivity contribution in [3.8, 4) is 0 Å². The first-order chi connectivity index (χ1) is 16.7. The van der Waals surface area contributed by atoms with E-state index >= 15 is 0 Å². The Hall–Kier alpha value is -3.31. The number of amides is 1. The molecule has 0 unspecified atom stereocenters. The molecule has 0 atom stereocenters. The Balaban J connectivity index is 0.00000456. The zero-order valence-corrected chi connectivity index (χ0v) is 22.0. The van der Waals surface area contributed by atoms with Crippen LogP contribution < -0.4 is 0 Å². The number of hydrogen-bond donors (Lipinski definition) is 1. The molecule has 2 aromatic carbocycles. The van der Waals surface area contributed by atoms with Crippen molar-refractivity contribution in [3.05, 3.63) is 101 Å². The topological polar surface area (TPSA) is 93.7 Å². The number of benzene rings is 2. The third-order valence-electron chi connectivity index (χ3n) is 5.53. The molecule has 0 bridgehead atoms. The summed E-state index contributed by atoms with van der Waals surface area (Å²) in [5, 5.41) is 14.8. The molecule has 0 aliphatic carbocycles. The van der Waals surface area contributed by atoms with Gasteiger partial charge in [0.1, 0.15) is 5.91 Å². The molecule has 0 aliphatic heterocycles. The fraction of sp³-hybridized carbons (Fsp3) is 0.310. The van der Waals surface area contributed by atoms with Crippen LogP contribution in [-0.2, 0) is 21.3 Å². The standard InChI is InChI=1S/C29H33N3O3.Ni/c1-20(2)18-29(28(34)35,19-21(3)4)32-26(22-12-6-5-7-13-22)23-14-8-9-15-24(23)31-27(33)25-16-10-11-17-30-25;/h5-17,20-21H,18-19H2,1-4H3,(H2,31,32,33,34,35);/p-1. The van der Waals surface area contributed by atoms with Gasteiger partial charge in [-0.2, -0.15) is 0 Å². The van der Waals surface area contributed by atoms with E-state index in [9.17, 15) is 14.7 Å². The summed E-state index contributed by atoms with van der Waals surface area (Å²) in [4.78, 5) is 34.7. The molecule has 0 saturated carbocycles. The fourth-order valence-corrected chi connectivity index (χ4v) is 4.27. The third kappa shape index (κ3) is 7.35. The van der Waals surface area contributed by atoms with Crippen LogP contribution in [0.3, 0.4) is 0 Å². The van der Waals surface area contributed by atoms with Crippen molar-refractivity contribution in [3.63, 3.8) is 0 Å². The second kappa shape index (κ2) is 13.1. The summed E-state index contributed by atoms with van der Waals surface area (Å²) in [6, 6.07) is 21.7. The molecule has 3 rings (SSSR count). The minimum absolute atomic E-state index is 0. The minimum Gasteiger partial charge on any atom is -0.621 e. The Labute approximate surface area is 223 Å². The van der Waals surface area contributed by atoms with E-state index in [-0.39, 0.29) is 34.0 Å². The molecule has 0 radical (unpaired) electrons. The first-order valence-electron chi connectivity index (χ1n) is 11.9. The maximum Gasteiger partial charge on any atom is 0.331 e. The monoisotopic (exact) mass is 528 g/mol. The Morgan fingerprint density at radius 3 is 2.03 bits per heavy atom. The van der Waals surface area contributed by atoms with Crippen LogP contribution in [0.1, 0.15) is 62.2 Å². The van der Waals surface area contributed by atoms with Crippen LogP contribution in [0.5, 0.6) is 0 Å². The summed E-state index contributed by atoms with van der Waals surface area (Å²) in [6.07, 6.45) is 2.33. The van der Waals surface area contributed by atoms with Crippen LogP contribution >= 0.6 is 0 Å². The van der Waals surface area contributed by atoms with Gasteiger partial charge in [0.2, 0.25) is 0 Å². The summed E-state index contributed by atoms with van der Waals surface area (Å²) in [6.45, 7) is 8.02. The molecule has 192 valence electrons. The van der Waals surface area contributed by atoms with Gasteiger partial charge in [0.15, 0.2) is 5.54 Å². The van der Waals surface area contributed by atoms with Crippen molar-refractivity contribution < 1.29 is 31.2 Å². The molecule has 3 aromatic rings. The van der Waals surface area contributed by atoms with Gasteiger partial charge in [-0.15, -0.1) is 5.69 Å². The molecule has 6 nitrogen and oxygen atoms in total. The van der Waals surface area contributed by atoms with Crippen molar-refractivity contribution in [2.45, 2.75) is 46.1 Å². The molecule has 0 fully saturated rings. The molecular formula is C29H32N3NiO3-. The molecule has 0 saturated heterocycles. The van der Waals surface area contributed by atoms with E-state index in [4.69, 9.17) is 4.99 Å². The average Bonchev–Trinajstić information content (AvgIpc) is 2.83. The summed E-state index contributed by atoms with van der Waals surface area (Å²) in [5.41, 5.74) is 1.20. The van der Waals surface area contributed by atoms with Crippen molar-refractivity contribution in [1.29, 1.82) is 0 Å². The number of pyridine rings is 1. The van der Waals surface area contributed by atoms with Crippen LogP contribution in [0.4, 0.5) is 5.69 Å². The van der Waals surface area contributed by atoms with E-state index in [0.29, 0.717) is 29.8 Å². The number of hydrogen-bond acceptors (Lipinski definition) is 4. The van der Waals surface area contributed by atoms with Crippen LogP contribution in [0.2, 0.25) is 0 Å². The smallest absolute Gasteiger partial charge is 0.331 e. The summed E-state index contributed by atoms with van der Waals surface area (Å²) in [7, 11) is 0. The number of carbonyl (C=O) groups excluding carboxylic acids is 1. The summed E-state index contributed by atoms with van der Waals surface area (Å²) in [5.74, 6) is -1.18. The number of nitrogens with zero attached hydrogens (tertiary/aromatic N) is 3. The molecule has 1 amide bonds. The largest absolute Gasteiger partial charge is 0.621 e. The average molecular weight is 529 g/mol. The van der Waals surface area contributed by atoms with E-state index in [2.05, 4.69) is 10.3 Å². The Bertz CT molecular complexity index is 1170. The number of carboxylic acid groups (broad SMARTS) is 1. The van der Waals surface area contributed by atoms with E-state index in [0.717, 1.165) is 5.56 Å². The van der Waals surface area contributed by atoms with Gasteiger partial charge in [-0.1, -0.05) is 88.4 Å². The van der Waals surface area contributed by atoms with Crippen LogP contribution in [0.25, 0.3) is 5.32 Å². The fourth-order valence-electron chi connectivity index (χ4n) is 4.27. The SMILES string of the molecule is CC(C)CC(CC(C)C)(N=C(c1ccccc1)c1ccccc1[N-]C(=O)c1ccccn1)C(=O)O.[Ni]. The minimum atomic E-state index is -1.31. The van der Waals surface area contributed by atoms with Crippen LogP contribution in [-0.4, -0.2) is 33.2 Å². The van der Waals surface area contributed by atoms with Crippen LogP contribution in [0.15, 0.2) is 84.0 Å². The van der Waals surface area contributed by atoms with Crippen LogP contribution in [0, 0.1) is 11.8 Å². The van der Waals surface area contributed by atoms with Gasteiger partial charge in [-0.05, 0) is 42.4 Å². The quantitative estimate of drug-likeness (QED) is 0.234. The van der Waals surface area contributed by atoms with Gasteiger partial charge in [0.25, 0.3) is 0 Å². The maximum atomic E-state index is 12.8. The zero-order chi connectivity index (χ0) is 25.4. The Kier molecular flexibility index (Phi) is 10.5. The number of aliphatic imine (C=N–C) groups is 1. The Morgan fingerprint density at radius 1 is 0.889 bits per heavy atom. The molecule has 1 heterocycles. The second-order valence-electron chi connectivity index (χ2n) is 9.51. The van der Waals surface area contributed by atoms with Gasteiger partial charge in [0, 0.05) is 28.3 Å². The van der Waals surface area contributed by atoms with Gasteiger partial charge >= 0.3 is 5.97 Å². The molecule has 36 heavy (non-hydrogen) atoms.